The van der Waals surface area contributed by atoms with E-state index in [1.54, 1.807) is 0 Å². The Balaban J connectivity index is 1.93. The highest BCUT2D eigenvalue weighted by Gasteiger charge is 2.16. The fraction of sp³-hybridized carbons (Fsp3) is 0.286. The molecule has 0 fully saturated rings. The molecule has 1 aliphatic rings. The number of nitrogen functional groups attached to an aromatic ring is 1. The highest BCUT2D eigenvalue weighted by atomic mass is 16.7. The SMILES string of the molecule is Cc1nn(C(=N)N)c(C)c1Cc1ccc2c(c1)OCO2. The van der Waals surface area contributed by atoms with Crippen LogP contribution in [-0.2, 0) is 6.42 Å². The van der Waals surface area contributed by atoms with E-state index in [9.17, 15) is 0 Å². The van der Waals surface area contributed by atoms with Gasteiger partial charge in [0.1, 0.15) is 0 Å². The molecule has 0 radical (unpaired) electrons. The van der Waals surface area contributed by atoms with Gasteiger partial charge in [0.2, 0.25) is 12.8 Å². The van der Waals surface area contributed by atoms with Gasteiger partial charge in [-0.3, -0.25) is 5.41 Å². The predicted molar refractivity (Wildman–Crippen MR) is 74.4 cm³/mol. The molecule has 0 spiro atoms. The number of fused-ring (bicyclic) bond motifs is 1. The molecule has 0 atom stereocenters. The van der Waals surface area contributed by atoms with E-state index in [4.69, 9.17) is 20.6 Å². The first-order chi connectivity index (χ1) is 9.56. The summed E-state index contributed by atoms with van der Waals surface area (Å²) < 4.78 is 12.1. The molecule has 1 aliphatic heterocycles. The molecule has 104 valence electrons. The number of nitrogens with one attached hydrogen (secondary N) is 1. The first kappa shape index (κ1) is 12.5. The largest absolute Gasteiger partial charge is 0.454 e. The maximum absolute atomic E-state index is 7.51. The van der Waals surface area contributed by atoms with Gasteiger partial charge in [-0.15, -0.1) is 0 Å². The molecule has 0 unspecified atom stereocenters. The van der Waals surface area contributed by atoms with Crippen LogP contribution in [0.1, 0.15) is 22.5 Å². The maximum Gasteiger partial charge on any atom is 0.231 e. The molecule has 1 aromatic heterocycles. The molecule has 6 nitrogen and oxygen atoms in total. The summed E-state index contributed by atoms with van der Waals surface area (Å²) in [6, 6.07) is 5.90. The quantitative estimate of drug-likeness (QED) is 0.641. The van der Waals surface area contributed by atoms with E-state index in [-0.39, 0.29) is 12.8 Å². The van der Waals surface area contributed by atoms with Gasteiger partial charge in [0.15, 0.2) is 11.5 Å². The van der Waals surface area contributed by atoms with Crippen molar-refractivity contribution in [1.82, 2.24) is 9.78 Å². The van der Waals surface area contributed by atoms with E-state index in [2.05, 4.69) is 5.10 Å². The van der Waals surface area contributed by atoms with E-state index in [0.717, 1.165) is 40.4 Å². The maximum atomic E-state index is 7.51. The number of hydrogen-bond donors (Lipinski definition) is 2. The highest BCUT2D eigenvalue weighted by Crippen LogP contribution is 2.33. The molecule has 0 saturated carbocycles. The lowest BCUT2D eigenvalue weighted by Gasteiger charge is -2.05. The van der Waals surface area contributed by atoms with Crippen molar-refractivity contribution in [3.8, 4) is 11.5 Å². The van der Waals surface area contributed by atoms with Gasteiger partial charge in [-0.25, -0.2) is 4.68 Å². The summed E-state index contributed by atoms with van der Waals surface area (Å²) in [5.74, 6) is 1.49. The molecule has 20 heavy (non-hydrogen) atoms. The Morgan fingerprint density at radius 2 is 2.10 bits per heavy atom. The van der Waals surface area contributed by atoms with Crippen LogP contribution in [0.5, 0.6) is 11.5 Å². The van der Waals surface area contributed by atoms with Crippen LogP contribution in [0.25, 0.3) is 0 Å². The second-order valence-electron chi connectivity index (χ2n) is 4.81. The minimum absolute atomic E-state index is 0.0671. The first-order valence-electron chi connectivity index (χ1n) is 6.34. The Hall–Kier alpha value is -2.50. The second-order valence-corrected chi connectivity index (χ2v) is 4.81. The van der Waals surface area contributed by atoms with Crippen molar-refractivity contribution in [2.24, 2.45) is 5.73 Å². The summed E-state index contributed by atoms with van der Waals surface area (Å²) in [6.07, 6.45) is 0.724. The fourth-order valence-corrected chi connectivity index (χ4v) is 2.42. The zero-order chi connectivity index (χ0) is 14.3. The molecule has 0 bridgehead atoms. The molecule has 0 aliphatic carbocycles. The normalized spacial score (nSPS) is 12.7. The van der Waals surface area contributed by atoms with Gasteiger partial charge in [-0.2, -0.15) is 5.10 Å². The standard InChI is InChI=1S/C14H16N4O2/c1-8-11(9(2)18(17-8)14(15)16)5-10-3-4-12-13(6-10)20-7-19-12/h3-4,6H,5,7H2,1-2H3,(H3,15,16). The van der Waals surface area contributed by atoms with Crippen LogP contribution in [-0.4, -0.2) is 22.5 Å². The van der Waals surface area contributed by atoms with Crippen LogP contribution in [0, 0.1) is 19.3 Å². The minimum atomic E-state index is -0.0671. The third-order valence-corrected chi connectivity index (χ3v) is 3.49. The molecule has 2 heterocycles. The Morgan fingerprint density at radius 1 is 1.35 bits per heavy atom. The van der Waals surface area contributed by atoms with Crippen LogP contribution in [0.4, 0.5) is 0 Å². The Labute approximate surface area is 116 Å². The number of nitrogens with zero attached hydrogens (tertiary/aromatic N) is 2. The van der Waals surface area contributed by atoms with Crippen molar-refractivity contribution in [3.63, 3.8) is 0 Å². The summed E-state index contributed by atoms with van der Waals surface area (Å²) in [6.45, 7) is 4.12. The number of hydrogen-bond acceptors (Lipinski definition) is 4. The van der Waals surface area contributed by atoms with Gasteiger partial charge in [0, 0.05) is 17.7 Å². The molecule has 0 amide bonds. The Kier molecular flexibility index (Phi) is 2.85. The zero-order valence-electron chi connectivity index (χ0n) is 11.4. The Bertz CT molecular complexity index is 691. The molecule has 3 N–H and O–H groups in total. The Morgan fingerprint density at radius 3 is 2.80 bits per heavy atom. The third-order valence-electron chi connectivity index (χ3n) is 3.49. The number of ether oxygens (including phenoxy) is 2. The molecular formula is C14H16N4O2. The molecule has 1 aromatic carbocycles. The van der Waals surface area contributed by atoms with Crippen molar-refractivity contribution < 1.29 is 9.47 Å². The molecule has 0 saturated heterocycles. The summed E-state index contributed by atoms with van der Waals surface area (Å²) >= 11 is 0. The van der Waals surface area contributed by atoms with E-state index < -0.39 is 0 Å². The molecular weight excluding hydrogens is 256 g/mol. The first-order valence-corrected chi connectivity index (χ1v) is 6.34. The second kappa shape index (κ2) is 4.56. The average Bonchev–Trinajstić information content (AvgIpc) is 2.97. The number of nitrogens with two attached hydrogens (primary N) is 1. The van der Waals surface area contributed by atoms with Crippen molar-refractivity contribution in [3.05, 3.63) is 40.7 Å². The van der Waals surface area contributed by atoms with E-state index in [0.29, 0.717) is 0 Å². The minimum Gasteiger partial charge on any atom is -0.454 e. The molecule has 3 rings (SSSR count). The summed E-state index contributed by atoms with van der Waals surface area (Å²) in [5, 5.41) is 11.8. The summed E-state index contributed by atoms with van der Waals surface area (Å²) in [7, 11) is 0. The van der Waals surface area contributed by atoms with E-state index in [1.807, 2.05) is 32.0 Å². The molecule has 2 aromatic rings. The lowest BCUT2D eigenvalue weighted by Crippen LogP contribution is -2.23. The summed E-state index contributed by atoms with van der Waals surface area (Å²) in [4.78, 5) is 0. The zero-order valence-corrected chi connectivity index (χ0v) is 11.4. The van der Waals surface area contributed by atoms with Crippen molar-refractivity contribution >= 4 is 5.96 Å². The van der Waals surface area contributed by atoms with E-state index in [1.165, 1.54) is 4.68 Å². The lowest BCUT2D eigenvalue weighted by molar-refractivity contribution is 0.174. The van der Waals surface area contributed by atoms with Crippen molar-refractivity contribution in [2.45, 2.75) is 20.3 Å². The van der Waals surface area contributed by atoms with Gasteiger partial charge in [0.25, 0.3) is 0 Å². The number of aromatic nitrogens is 2. The van der Waals surface area contributed by atoms with Crippen molar-refractivity contribution in [1.29, 1.82) is 5.41 Å². The van der Waals surface area contributed by atoms with Gasteiger partial charge >= 0.3 is 0 Å². The lowest BCUT2D eigenvalue weighted by atomic mass is 10.0. The van der Waals surface area contributed by atoms with Crippen LogP contribution in [0.15, 0.2) is 18.2 Å². The third kappa shape index (κ3) is 1.99. The topological polar surface area (TPSA) is 86.2 Å². The highest BCUT2D eigenvalue weighted by molar-refractivity contribution is 5.77. The van der Waals surface area contributed by atoms with E-state index >= 15 is 0 Å². The van der Waals surface area contributed by atoms with Gasteiger partial charge in [-0.1, -0.05) is 6.07 Å². The smallest absolute Gasteiger partial charge is 0.231 e. The number of rotatable bonds is 2. The molecule has 6 heteroatoms. The predicted octanol–water partition coefficient (Wildman–Crippen LogP) is 1.56. The van der Waals surface area contributed by atoms with Gasteiger partial charge < -0.3 is 15.2 Å². The van der Waals surface area contributed by atoms with Crippen LogP contribution in [0.2, 0.25) is 0 Å². The van der Waals surface area contributed by atoms with Crippen LogP contribution in [0.3, 0.4) is 0 Å². The fourth-order valence-electron chi connectivity index (χ4n) is 2.42. The monoisotopic (exact) mass is 272 g/mol. The number of benzene rings is 1. The van der Waals surface area contributed by atoms with Crippen molar-refractivity contribution in [2.75, 3.05) is 6.79 Å². The summed E-state index contributed by atoms with van der Waals surface area (Å²) in [5.41, 5.74) is 9.49. The van der Waals surface area contributed by atoms with Crippen LogP contribution >= 0.6 is 0 Å². The average molecular weight is 272 g/mol. The van der Waals surface area contributed by atoms with Gasteiger partial charge in [-0.05, 0) is 31.5 Å². The van der Waals surface area contributed by atoms with Gasteiger partial charge in [0.05, 0.1) is 5.69 Å². The number of aryl methyl sites for hydroxylation is 1. The van der Waals surface area contributed by atoms with Crippen LogP contribution < -0.4 is 15.2 Å².